The summed E-state index contributed by atoms with van der Waals surface area (Å²) in [6.45, 7) is 4.49. The normalized spacial score (nSPS) is 21.2. The van der Waals surface area contributed by atoms with Gasteiger partial charge in [-0.05, 0) is 50.7 Å². The van der Waals surface area contributed by atoms with Crippen LogP contribution in [0.4, 0.5) is 0 Å². The van der Waals surface area contributed by atoms with Crippen molar-refractivity contribution in [1.29, 1.82) is 0 Å². The van der Waals surface area contributed by atoms with Crippen LogP contribution < -0.4 is 0 Å². The van der Waals surface area contributed by atoms with Crippen molar-refractivity contribution in [2.45, 2.75) is 13.0 Å². The van der Waals surface area contributed by atoms with Crippen molar-refractivity contribution in [2.75, 3.05) is 33.7 Å². The molecule has 1 aromatic rings. The van der Waals surface area contributed by atoms with Crippen molar-refractivity contribution in [3.8, 4) is 5.75 Å². The molecule has 0 amide bonds. The first-order valence-corrected chi connectivity index (χ1v) is 6.28. The van der Waals surface area contributed by atoms with Gasteiger partial charge in [0.25, 0.3) is 0 Å². The van der Waals surface area contributed by atoms with Crippen molar-refractivity contribution in [2.24, 2.45) is 5.92 Å². The highest BCUT2D eigenvalue weighted by Gasteiger charge is 2.20. The number of phenolic OH excluding ortho intramolecular Hbond substituents is 1. The third-order valence-corrected chi connectivity index (χ3v) is 3.42. The molecule has 0 spiro atoms. The van der Waals surface area contributed by atoms with Gasteiger partial charge >= 0.3 is 0 Å². The van der Waals surface area contributed by atoms with Crippen molar-refractivity contribution >= 4 is 0 Å². The first-order chi connectivity index (χ1) is 8.13. The maximum absolute atomic E-state index is 9.42. The zero-order chi connectivity index (χ0) is 12.3. The lowest BCUT2D eigenvalue weighted by Crippen LogP contribution is -2.27. The number of phenols is 1. The van der Waals surface area contributed by atoms with E-state index in [9.17, 15) is 5.11 Å². The lowest BCUT2D eigenvalue weighted by atomic mass is 10.1. The third-order valence-electron chi connectivity index (χ3n) is 3.42. The topological polar surface area (TPSA) is 26.7 Å². The van der Waals surface area contributed by atoms with Gasteiger partial charge in [-0.15, -0.1) is 0 Å². The summed E-state index contributed by atoms with van der Waals surface area (Å²) in [5.41, 5.74) is 1.18. The highest BCUT2D eigenvalue weighted by molar-refractivity contribution is 5.26. The molecule has 1 aliphatic heterocycles. The predicted octanol–water partition coefficient (Wildman–Crippen LogP) is 1.78. The average molecular weight is 234 g/mol. The van der Waals surface area contributed by atoms with Crippen LogP contribution in [0.5, 0.6) is 5.75 Å². The molecule has 3 nitrogen and oxygen atoms in total. The van der Waals surface area contributed by atoms with Gasteiger partial charge in [-0.2, -0.15) is 0 Å². The summed E-state index contributed by atoms with van der Waals surface area (Å²) in [4.78, 5) is 4.74. The fourth-order valence-corrected chi connectivity index (χ4v) is 2.65. The summed E-state index contributed by atoms with van der Waals surface area (Å²) in [7, 11) is 4.34. The van der Waals surface area contributed by atoms with Crippen molar-refractivity contribution in [3.63, 3.8) is 0 Å². The molecule has 94 valence electrons. The summed E-state index contributed by atoms with van der Waals surface area (Å²) >= 11 is 0. The number of rotatable bonds is 4. The highest BCUT2D eigenvalue weighted by atomic mass is 16.3. The molecule has 3 heteroatoms. The SMILES string of the molecule is CN1CCC(CN(C)Cc2cccc(O)c2)C1. The number of hydrogen-bond acceptors (Lipinski definition) is 3. The van der Waals surface area contributed by atoms with Gasteiger partial charge in [0, 0.05) is 19.6 Å². The fourth-order valence-electron chi connectivity index (χ4n) is 2.65. The summed E-state index contributed by atoms with van der Waals surface area (Å²) in [5, 5.41) is 9.42. The minimum atomic E-state index is 0.358. The minimum absolute atomic E-state index is 0.358. The van der Waals surface area contributed by atoms with E-state index in [1.165, 1.54) is 25.1 Å². The van der Waals surface area contributed by atoms with Crippen LogP contribution in [-0.2, 0) is 6.54 Å². The second-order valence-electron chi connectivity index (χ2n) is 5.28. The average Bonchev–Trinajstić information content (AvgIpc) is 2.63. The van der Waals surface area contributed by atoms with E-state index in [1.54, 1.807) is 6.07 Å². The maximum Gasteiger partial charge on any atom is 0.115 e. The van der Waals surface area contributed by atoms with Crippen LogP contribution in [0.3, 0.4) is 0 Å². The molecule has 1 aromatic carbocycles. The van der Waals surface area contributed by atoms with E-state index in [-0.39, 0.29) is 0 Å². The van der Waals surface area contributed by atoms with Crippen molar-refractivity contribution in [3.05, 3.63) is 29.8 Å². The van der Waals surface area contributed by atoms with Crippen LogP contribution in [0.15, 0.2) is 24.3 Å². The highest BCUT2D eigenvalue weighted by Crippen LogP contribution is 2.17. The van der Waals surface area contributed by atoms with Crippen LogP contribution in [0.1, 0.15) is 12.0 Å². The van der Waals surface area contributed by atoms with E-state index in [0.717, 1.165) is 19.0 Å². The van der Waals surface area contributed by atoms with Gasteiger partial charge in [0.2, 0.25) is 0 Å². The van der Waals surface area contributed by atoms with Crippen LogP contribution in [0, 0.1) is 5.92 Å². The van der Waals surface area contributed by atoms with Gasteiger partial charge in [-0.3, -0.25) is 0 Å². The van der Waals surface area contributed by atoms with E-state index < -0.39 is 0 Å². The molecule has 1 unspecified atom stereocenters. The number of hydrogen-bond donors (Lipinski definition) is 1. The quantitative estimate of drug-likeness (QED) is 0.860. The smallest absolute Gasteiger partial charge is 0.115 e. The Morgan fingerprint density at radius 3 is 2.94 bits per heavy atom. The van der Waals surface area contributed by atoms with Gasteiger partial charge < -0.3 is 14.9 Å². The van der Waals surface area contributed by atoms with Gasteiger partial charge in [0.15, 0.2) is 0 Å². The molecule has 1 N–H and O–H groups in total. The standard InChI is InChI=1S/C14H22N2O/c1-15-7-6-13(10-15)11-16(2)9-12-4-3-5-14(17)8-12/h3-5,8,13,17H,6-7,9-11H2,1-2H3. The molecule has 1 saturated heterocycles. The van der Waals surface area contributed by atoms with Crippen molar-refractivity contribution < 1.29 is 5.11 Å². The molecule has 1 heterocycles. The molecule has 1 aliphatic rings. The van der Waals surface area contributed by atoms with E-state index in [4.69, 9.17) is 0 Å². The second-order valence-corrected chi connectivity index (χ2v) is 5.28. The van der Waals surface area contributed by atoms with E-state index in [2.05, 4.69) is 30.0 Å². The number of nitrogens with zero attached hydrogens (tertiary/aromatic N) is 2. The van der Waals surface area contributed by atoms with Gasteiger partial charge in [0.05, 0.1) is 0 Å². The number of benzene rings is 1. The Labute approximate surface area is 104 Å². The Bertz CT molecular complexity index is 367. The molecule has 1 atom stereocenters. The molecular formula is C14H22N2O. The van der Waals surface area contributed by atoms with E-state index in [1.807, 2.05) is 12.1 Å². The second kappa shape index (κ2) is 5.52. The Hall–Kier alpha value is -1.06. The Balaban J connectivity index is 1.83. The van der Waals surface area contributed by atoms with Gasteiger partial charge in [0.1, 0.15) is 5.75 Å². The van der Waals surface area contributed by atoms with Gasteiger partial charge in [-0.25, -0.2) is 0 Å². The molecule has 0 saturated carbocycles. The molecule has 0 bridgehead atoms. The van der Waals surface area contributed by atoms with E-state index >= 15 is 0 Å². The molecule has 17 heavy (non-hydrogen) atoms. The summed E-state index contributed by atoms with van der Waals surface area (Å²) < 4.78 is 0. The Morgan fingerprint density at radius 2 is 2.29 bits per heavy atom. The molecule has 0 radical (unpaired) electrons. The largest absolute Gasteiger partial charge is 0.508 e. The lowest BCUT2D eigenvalue weighted by Gasteiger charge is -2.21. The van der Waals surface area contributed by atoms with Crippen LogP contribution >= 0.6 is 0 Å². The third kappa shape index (κ3) is 3.72. The zero-order valence-corrected chi connectivity index (χ0v) is 10.8. The lowest BCUT2D eigenvalue weighted by molar-refractivity contribution is 0.267. The summed E-state index contributed by atoms with van der Waals surface area (Å²) in [6.07, 6.45) is 1.31. The zero-order valence-electron chi connectivity index (χ0n) is 10.8. The number of likely N-dealkylation sites (tertiary alicyclic amines) is 1. The molecule has 2 rings (SSSR count). The van der Waals surface area contributed by atoms with Crippen LogP contribution in [0.25, 0.3) is 0 Å². The predicted molar refractivity (Wildman–Crippen MR) is 70.0 cm³/mol. The molecule has 1 fully saturated rings. The molecule has 0 aromatic heterocycles. The van der Waals surface area contributed by atoms with Crippen LogP contribution in [-0.4, -0.2) is 48.6 Å². The summed E-state index contributed by atoms with van der Waals surface area (Å²) in [5.74, 6) is 1.15. The Morgan fingerprint density at radius 1 is 1.47 bits per heavy atom. The Kier molecular flexibility index (Phi) is 4.02. The first kappa shape index (κ1) is 12.4. The van der Waals surface area contributed by atoms with Crippen LogP contribution in [0.2, 0.25) is 0 Å². The molecule has 0 aliphatic carbocycles. The summed E-state index contributed by atoms with van der Waals surface area (Å²) in [6, 6.07) is 7.53. The minimum Gasteiger partial charge on any atom is -0.508 e. The number of aromatic hydroxyl groups is 1. The van der Waals surface area contributed by atoms with Crippen molar-refractivity contribution in [1.82, 2.24) is 9.80 Å². The van der Waals surface area contributed by atoms with Gasteiger partial charge in [-0.1, -0.05) is 12.1 Å². The first-order valence-electron chi connectivity index (χ1n) is 6.28. The fraction of sp³-hybridized carbons (Fsp3) is 0.571. The maximum atomic E-state index is 9.42. The molecular weight excluding hydrogens is 212 g/mol. The van der Waals surface area contributed by atoms with E-state index in [0.29, 0.717) is 5.75 Å². The monoisotopic (exact) mass is 234 g/mol.